The van der Waals surface area contributed by atoms with Gasteiger partial charge in [-0.15, -0.1) is 0 Å². The number of nitrogens with zero attached hydrogens (tertiary/aromatic N) is 1. The van der Waals surface area contributed by atoms with Gasteiger partial charge in [-0.1, -0.05) is 25.7 Å². The molecule has 21 heavy (non-hydrogen) atoms. The fourth-order valence-corrected chi connectivity index (χ4v) is 4.36. The zero-order valence-corrected chi connectivity index (χ0v) is 12.5. The van der Waals surface area contributed by atoms with E-state index >= 15 is 0 Å². The second-order valence-electron chi connectivity index (χ2n) is 6.31. The van der Waals surface area contributed by atoms with E-state index in [1.54, 1.807) is 0 Å². The monoisotopic (exact) mass is 293 g/mol. The summed E-state index contributed by atoms with van der Waals surface area (Å²) in [5, 5.41) is 19.6. The van der Waals surface area contributed by atoms with Gasteiger partial charge in [0.25, 0.3) is 0 Å². The molecule has 0 aliphatic heterocycles. The molecule has 2 atom stereocenters. The maximum atomic E-state index is 12.4. The molecule has 2 unspecified atom stereocenters. The smallest absolute Gasteiger partial charge is 0.327 e. The summed E-state index contributed by atoms with van der Waals surface area (Å²) in [6.07, 6.45) is 6.88. The normalized spacial score (nSPS) is 24.2. The van der Waals surface area contributed by atoms with Crippen LogP contribution in [0.1, 0.15) is 51.4 Å². The number of nitriles is 1. The molecule has 2 rings (SSSR count). The molecule has 0 amide bonds. The highest BCUT2D eigenvalue weighted by Crippen LogP contribution is 2.51. The summed E-state index contributed by atoms with van der Waals surface area (Å²) in [6.45, 7) is 0. The predicted molar refractivity (Wildman–Crippen MR) is 75.1 cm³/mol. The predicted octanol–water partition coefficient (Wildman–Crippen LogP) is 2.75. The number of carbonyl (C=O) groups excluding carboxylic acids is 1. The Morgan fingerprint density at radius 3 is 2.14 bits per heavy atom. The van der Waals surface area contributed by atoms with Crippen molar-refractivity contribution < 1.29 is 19.4 Å². The number of hydrogen-bond acceptors (Lipinski definition) is 4. The molecule has 1 N–H and O–H groups in total. The highest BCUT2D eigenvalue weighted by Gasteiger charge is 2.59. The van der Waals surface area contributed by atoms with Crippen LogP contribution in [0.3, 0.4) is 0 Å². The van der Waals surface area contributed by atoms with E-state index < -0.39 is 23.3 Å². The molecule has 0 radical (unpaired) electrons. The second kappa shape index (κ2) is 6.46. The van der Waals surface area contributed by atoms with Gasteiger partial charge in [-0.25, -0.2) is 0 Å². The Morgan fingerprint density at radius 1 is 1.19 bits per heavy atom. The van der Waals surface area contributed by atoms with E-state index in [9.17, 15) is 20.0 Å². The second-order valence-corrected chi connectivity index (χ2v) is 6.31. The highest BCUT2D eigenvalue weighted by atomic mass is 16.5. The van der Waals surface area contributed by atoms with Crippen LogP contribution >= 0.6 is 0 Å². The molecule has 0 heterocycles. The minimum Gasteiger partial charge on any atom is -0.481 e. The van der Waals surface area contributed by atoms with Gasteiger partial charge in [-0.3, -0.25) is 9.59 Å². The molecule has 2 saturated carbocycles. The lowest BCUT2D eigenvalue weighted by molar-refractivity contribution is -0.167. The molecule has 2 aliphatic rings. The van der Waals surface area contributed by atoms with Crippen LogP contribution in [0, 0.1) is 34.5 Å². The van der Waals surface area contributed by atoms with E-state index in [4.69, 9.17) is 4.74 Å². The Hall–Kier alpha value is -1.57. The number of aliphatic carboxylic acids is 1. The van der Waals surface area contributed by atoms with E-state index in [-0.39, 0.29) is 11.8 Å². The first-order chi connectivity index (χ1) is 10.1. The van der Waals surface area contributed by atoms with E-state index in [1.165, 1.54) is 7.11 Å². The molecule has 0 spiro atoms. The largest absolute Gasteiger partial charge is 0.481 e. The van der Waals surface area contributed by atoms with E-state index in [0.717, 1.165) is 51.4 Å². The van der Waals surface area contributed by atoms with Crippen molar-refractivity contribution in [3.8, 4) is 6.07 Å². The molecule has 116 valence electrons. The molecule has 0 saturated heterocycles. The third-order valence-electron chi connectivity index (χ3n) is 5.34. The number of carbonyl (C=O) groups is 2. The van der Waals surface area contributed by atoms with Crippen LogP contribution in [0.15, 0.2) is 0 Å². The SMILES string of the molecule is COC(=O)C(C#N)(C1CCCC1)C(C(=O)O)C1CCCC1. The van der Waals surface area contributed by atoms with Crippen molar-refractivity contribution in [2.24, 2.45) is 23.2 Å². The Kier molecular flexibility index (Phi) is 4.87. The highest BCUT2D eigenvalue weighted by molar-refractivity contribution is 5.88. The lowest BCUT2D eigenvalue weighted by Crippen LogP contribution is -2.49. The molecule has 5 nitrogen and oxygen atoms in total. The number of carboxylic acid groups (broad SMARTS) is 1. The van der Waals surface area contributed by atoms with Crippen molar-refractivity contribution in [3.05, 3.63) is 0 Å². The topological polar surface area (TPSA) is 87.4 Å². The number of esters is 1. The Labute approximate surface area is 125 Å². The zero-order valence-electron chi connectivity index (χ0n) is 12.5. The Bertz CT molecular complexity index is 444. The first-order valence-electron chi connectivity index (χ1n) is 7.80. The van der Waals surface area contributed by atoms with Crippen LogP contribution in [0.5, 0.6) is 0 Å². The van der Waals surface area contributed by atoms with Crippen LogP contribution in [-0.2, 0) is 14.3 Å². The maximum Gasteiger partial charge on any atom is 0.327 e. The third-order valence-corrected chi connectivity index (χ3v) is 5.34. The van der Waals surface area contributed by atoms with Gasteiger partial charge in [0.2, 0.25) is 0 Å². The van der Waals surface area contributed by atoms with Crippen LogP contribution in [0.25, 0.3) is 0 Å². The lowest BCUT2D eigenvalue weighted by Gasteiger charge is -2.37. The molecule has 2 aliphatic carbocycles. The minimum absolute atomic E-state index is 0.0955. The van der Waals surface area contributed by atoms with E-state index in [1.807, 2.05) is 0 Å². The molecular formula is C16H23NO4. The number of methoxy groups -OCH3 is 1. The summed E-state index contributed by atoms with van der Waals surface area (Å²) in [5.74, 6) is -2.92. The number of ether oxygens (including phenoxy) is 1. The average Bonchev–Trinajstić information content (AvgIpc) is 3.16. The summed E-state index contributed by atoms with van der Waals surface area (Å²) in [6, 6.07) is 2.11. The summed E-state index contributed by atoms with van der Waals surface area (Å²) in [4.78, 5) is 24.4. The van der Waals surface area contributed by atoms with Gasteiger partial charge in [0.1, 0.15) is 0 Å². The molecule has 0 aromatic rings. The first kappa shape index (κ1) is 15.8. The van der Waals surface area contributed by atoms with Crippen LogP contribution in [0.2, 0.25) is 0 Å². The summed E-state index contributed by atoms with van der Waals surface area (Å²) < 4.78 is 4.88. The van der Waals surface area contributed by atoms with Crippen molar-refractivity contribution >= 4 is 11.9 Å². The average molecular weight is 293 g/mol. The van der Waals surface area contributed by atoms with Crippen LogP contribution < -0.4 is 0 Å². The van der Waals surface area contributed by atoms with Crippen molar-refractivity contribution in [1.82, 2.24) is 0 Å². The van der Waals surface area contributed by atoms with Gasteiger partial charge in [-0.05, 0) is 37.5 Å². The molecule has 0 aromatic carbocycles. The number of hydrogen-bond donors (Lipinski definition) is 1. The quantitative estimate of drug-likeness (QED) is 0.787. The van der Waals surface area contributed by atoms with Crippen LogP contribution in [0.4, 0.5) is 0 Å². The Morgan fingerprint density at radius 2 is 1.71 bits per heavy atom. The van der Waals surface area contributed by atoms with Crippen molar-refractivity contribution in [2.45, 2.75) is 51.4 Å². The minimum atomic E-state index is -1.52. The Balaban J connectivity index is 2.46. The van der Waals surface area contributed by atoms with Gasteiger partial charge in [0, 0.05) is 0 Å². The summed E-state index contributed by atoms with van der Waals surface area (Å²) in [7, 11) is 1.25. The van der Waals surface area contributed by atoms with Gasteiger partial charge in [0.15, 0.2) is 5.41 Å². The van der Waals surface area contributed by atoms with Crippen molar-refractivity contribution in [1.29, 1.82) is 5.26 Å². The van der Waals surface area contributed by atoms with Gasteiger partial charge in [0.05, 0.1) is 19.1 Å². The van der Waals surface area contributed by atoms with Gasteiger partial charge < -0.3 is 9.84 Å². The van der Waals surface area contributed by atoms with E-state index in [0.29, 0.717) is 0 Å². The third kappa shape index (κ3) is 2.64. The zero-order chi connectivity index (χ0) is 15.5. The van der Waals surface area contributed by atoms with Crippen molar-refractivity contribution in [2.75, 3.05) is 7.11 Å². The molecule has 0 aromatic heterocycles. The summed E-state index contributed by atoms with van der Waals surface area (Å²) in [5.41, 5.74) is -1.52. The van der Waals surface area contributed by atoms with Crippen molar-refractivity contribution in [3.63, 3.8) is 0 Å². The van der Waals surface area contributed by atoms with E-state index in [2.05, 4.69) is 6.07 Å². The van der Waals surface area contributed by atoms with Gasteiger partial charge >= 0.3 is 11.9 Å². The summed E-state index contributed by atoms with van der Waals surface area (Å²) >= 11 is 0. The molecule has 2 fully saturated rings. The van der Waals surface area contributed by atoms with Gasteiger partial charge in [-0.2, -0.15) is 5.26 Å². The number of rotatable bonds is 5. The number of carboxylic acids is 1. The fraction of sp³-hybridized carbons (Fsp3) is 0.812. The standard InChI is InChI=1S/C16H23NO4/c1-21-15(20)16(10-17,12-8-4-5-9-12)13(14(18)19)11-6-2-3-7-11/h11-13H,2-9H2,1H3,(H,18,19). The lowest BCUT2D eigenvalue weighted by atomic mass is 9.62. The molecular weight excluding hydrogens is 270 g/mol. The molecule has 5 heteroatoms. The van der Waals surface area contributed by atoms with Crippen LogP contribution in [-0.4, -0.2) is 24.2 Å². The first-order valence-corrected chi connectivity index (χ1v) is 7.80. The maximum absolute atomic E-state index is 12.4. The fourth-order valence-electron chi connectivity index (χ4n) is 4.36. The molecule has 0 bridgehead atoms.